The van der Waals surface area contributed by atoms with Gasteiger partial charge in [0.25, 0.3) is 0 Å². The predicted molar refractivity (Wildman–Crippen MR) is 127 cm³/mol. The molecule has 5 aliphatic rings. The van der Waals surface area contributed by atoms with Gasteiger partial charge in [0, 0.05) is 24.2 Å². The van der Waals surface area contributed by atoms with Crippen molar-refractivity contribution in [2.45, 2.75) is 81.2 Å². The van der Waals surface area contributed by atoms with Gasteiger partial charge in [0.05, 0.1) is 4.90 Å². The van der Waals surface area contributed by atoms with Gasteiger partial charge < -0.3 is 10.4 Å². The maximum absolute atomic E-state index is 12.8. The lowest BCUT2D eigenvalue weighted by atomic mass is 9.48. The second-order valence-corrected chi connectivity index (χ2v) is 13.5. The number of nitrogens with one attached hydrogen (secondary N) is 1. The summed E-state index contributed by atoms with van der Waals surface area (Å²) >= 11 is 5.87. The van der Waals surface area contributed by atoms with Crippen LogP contribution in [0, 0.1) is 23.2 Å². The SMILES string of the molecule is O=C(NC1CCN(S(=O)(=O)c2ccc(Cl)cc2)CC1)C(O)CCC12CC3CC(CC(C3)C1)C2. The van der Waals surface area contributed by atoms with E-state index in [0.29, 0.717) is 42.8 Å². The molecule has 0 radical (unpaired) electrons. The van der Waals surface area contributed by atoms with E-state index in [1.165, 1.54) is 55.0 Å². The summed E-state index contributed by atoms with van der Waals surface area (Å²) in [6.45, 7) is 0.693. The van der Waals surface area contributed by atoms with Gasteiger partial charge >= 0.3 is 0 Å². The highest BCUT2D eigenvalue weighted by molar-refractivity contribution is 7.89. The molecule has 4 bridgehead atoms. The zero-order valence-corrected chi connectivity index (χ0v) is 20.7. The van der Waals surface area contributed by atoms with Crippen molar-refractivity contribution in [3.63, 3.8) is 0 Å². The van der Waals surface area contributed by atoms with Crippen LogP contribution in [0.25, 0.3) is 0 Å². The molecule has 33 heavy (non-hydrogen) atoms. The molecule has 4 saturated carbocycles. The third kappa shape index (κ3) is 4.97. The van der Waals surface area contributed by atoms with Crippen molar-refractivity contribution in [2.75, 3.05) is 13.1 Å². The molecular weight excluding hydrogens is 460 g/mol. The van der Waals surface area contributed by atoms with Crippen LogP contribution in [0.15, 0.2) is 29.2 Å². The van der Waals surface area contributed by atoms with E-state index in [1.807, 2.05) is 0 Å². The number of carbonyl (C=O) groups excluding carboxylic acids is 1. The monoisotopic (exact) mass is 494 g/mol. The van der Waals surface area contributed by atoms with Crippen molar-refractivity contribution in [3.05, 3.63) is 29.3 Å². The van der Waals surface area contributed by atoms with Gasteiger partial charge in [-0.2, -0.15) is 4.31 Å². The number of halogens is 1. The van der Waals surface area contributed by atoms with Crippen molar-refractivity contribution in [1.29, 1.82) is 0 Å². The van der Waals surface area contributed by atoms with E-state index in [-0.39, 0.29) is 16.8 Å². The number of benzene rings is 1. The van der Waals surface area contributed by atoms with Gasteiger partial charge in [-0.25, -0.2) is 8.42 Å². The number of hydrogen-bond acceptors (Lipinski definition) is 4. The third-order valence-electron chi connectivity index (χ3n) is 8.67. The molecule has 1 aliphatic heterocycles. The summed E-state index contributed by atoms with van der Waals surface area (Å²) in [4.78, 5) is 12.9. The molecule has 1 atom stereocenters. The van der Waals surface area contributed by atoms with E-state index in [9.17, 15) is 18.3 Å². The average Bonchev–Trinajstić information content (AvgIpc) is 2.77. The Morgan fingerprint density at radius 3 is 2.15 bits per heavy atom. The fraction of sp³-hybridized carbons (Fsp3) is 0.720. The van der Waals surface area contributed by atoms with Gasteiger partial charge in [0.15, 0.2) is 0 Å². The quantitative estimate of drug-likeness (QED) is 0.600. The Hall–Kier alpha value is -1.15. The van der Waals surface area contributed by atoms with Crippen LogP contribution in [0.1, 0.15) is 64.2 Å². The molecule has 182 valence electrons. The van der Waals surface area contributed by atoms with Crippen molar-refractivity contribution >= 4 is 27.5 Å². The molecule has 1 unspecified atom stereocenters. The Morgan fingerprint density at radius 2 is 1.61 bits per heavy atom. The summed E-state index contributed by atoms with van der Waals surface area (Å²) in [6, 6.07) is 6.08. The highest BCUT2D eigenvalue weighted by Gasteiger charge is 2.50. The smallest absolute Gasteiger partial charge is 0.249 e. The molecule has 8 heteroatoms. The van der Waals surface area contributed by atoms with E-state index >= 15 is 0 Å². The number of sulfonamides is 1. The lowest BCUT2D eigenvalue weighted by Crippen LogP contribution is -2.49. The van der Waals surface area contributed by atoms with Gasteiger partial charge in [-0.05, 0) is 112 Å². The number of aliphatic hydroxyl groups excluding tert-OH is 1. The molecule has 1 aromatic rings. The zero-order chi connectivity index (χ0) is 23.2. The maximum Gasteiger partial charge on any atom is 0.249 e. The molecule has 5 fully saturated rings. The average molecular weight is 495 g/mol. The molecule has 6 rings (SSSR count). The zero-order valence-electron chi connectivity index (χ0n) is 19.1. The van der Waals surface area contributed by atoms with Crippen LogP contribution in [-0.2, 0) is 14.8 Å². The lowest BCUT2D eigenvalue weighted by molar-refractivity contribution is -0.131. The van der Waals surface area contributed by atoms with Crippen molar-refractivity contribution in [1.82, 2.24) is 9.62 Å². The van der Waals surface area contributed by atoms with Crippen LogP contribution in [0.3, 0.4) is 0 Å². The number of nitrogens with zero attached hydrogens (tertiary/aromatic N) is 1. The van der Waals surface area contributed by atoms with E-state index < -0.39 is 16.1 Å². The molecule has 1 saturated heterocycles. The maximum atomic E-state index is 12.8. The number of piperidine rings is 1. The van der Waals surface area contributed by atoms with Gasteiger partial charge in [-0.3, -0.25) is 4.79 Å². The van der Waals surface area contributed by atoms with Crippen molar-refractivity contribution in [2.24, 2.45) is 23.2 Å². The first-order valence-corrected chi connectivity index (χ1v) is 14.3. The Labute approximate surface area is 202 Å². The van der Waals surface area contributed by atoms with E-state index in [2.05, 4.69) is 5.32 Å². The molecule has 4 aliphatic carbocycles. The summed E-state index contributed by atoms with van der Waals surface area (Å²) < 4.78 is 27.1. The van der Waals surface area contributed by atoms with Crippen LogP contribution >= 0.6 is 11.6 Å². The van der Waals surface area contributed by atoms with Gasteiger partial charge in [0.2, 0.25) is 15.9 Å². The van der Waals surface area contributed by atoms with Crippen LogP contribution in [0.2, 0.25) is 5.02 Å². The summed E-state index contributed by atoms with van der Waals surface area (Å²) in [5, 5.41) is 14.0. The molecular formula is C25H35ClN2O4S. The summed E-state index contributed by atoms with van der Waals surface area (Å²) in [5.41, 5.74) is 0.359. The topological polar surface area (TPSA) is 86.7 Å². The lowest BCUT2D eigenvalue weighted by Gasteiger charge is -2.57. The minimum atomic E-state index is -3.57. The molecule has 1 amide bonds. The number of hydrogen-bond donors (Lipinski definition) is 2. The Morgan fingerprint density at radius 1 is 1.06 bits per heavy atom. The van der Waals surface area contributed by atoms with Crippen LogP contribution in [0.4, 0.5) is 0 Å². The second kappa shape index (κ2) is 9.14. The van der Waals surface area contributed by atoms with Crippen LogP contribution in [-0.4, -0.2) is 49.0 Å². The molecule has 0 spiro atoms. The first-order valence-electron chi connectivity index (χ1n) is 12.5. The number of amides is 1. The fourth-order valence-corrected chi connectivity index (χ4v) is 9.06. The third-order valence-corrected chi connectivity index (χ3v) is 10.8. The van der Waals surface area contributed by atoms with E-state index in [4.69, 9.17) is 11.6 Å². The van der Waals surface area contributed by atoms with Crippen LogP contribution in [0.5, 0.6) is 0 Å². The van der Waals surface area contributed by atoms with Gasteiger partial charge in [0.1, 0.15) is 6.10 Å². The fourth-order valence-electron chi connectivity index (χ4n) is 7.46. The number of rotatable bonds is 7. The Balaban J connectivity index is 1.09. The summed E-state index contributed by atoms with van der Waals surface area (Å²) in [6.07, 6.45) is 9.63. The number of carbonyl (C=O) groups is 1. The second-order valence-electron chi connectivity index (χ2n) is 11.1. The Bertz CT molecular complexity index is 937. The molecule has 0 aromatic heterocycles. The molecule has 1 heterocycles. The van der Waals surface area contributed by atoms with E-state index in [1.54, 1.807) is 12.1 Å². The van der Waals surface area contributed by atoms with Crippen molar-refractivity contribution < 1.29 is 18.3 Å². The normalized spacial score (nSPS) is 33.2. The Kier molecular flexibility index (Phi) is 6.53. The summed E-state index contributed by atoms with van der Waals surface area (Å²) in [5.74, 6) is 2.31. The first-order chi connectivity index (χ1) is 15.7. The highest BCUT2D eigenvalue weighted by atomic mass is 35.5. The standard InChI is InChI=1S/C25H35ClN2O4S/c26-20-1-3-22(4-2-20)33(31,32)28-9-6-21(7-10-28)27-24(30)23(29)5-8-25-14-17-11-18(15-25)13-19(12-17)16-25/h1-4,17-19,21,23,29H,5-16H2,(H,27,30). The summed E-state index contributed by atoms with van der Waals surface area (Å²) in [7, 11) is -3.57. The minimum absolute atomic E-state index is 0.108. The van der Waals surface area contributed by atoms with Gasteiger partial charge in [-0.1, -0.05) is 11.6 Å². The highest BCUT2D eigenvalue weighted by Crippen LogP contribution is 2.61. The molecule has 6 nitrogen and oxygen atoms in total. The largest absolute Gasteiger partial charge is 0.383 e. The van der Waals surface area contributed by atoms with Gasteiger partial charge in [-0.15, -0.1) is 0 Å². The minimum Gasteiger partial charge on any atom is -0.383 e. The molecule has 2 N–H and O–H groups in total. The van der Waals surface area contributed by atoms with Crippen molar-refractivity contribution in [3.8, 4) is 0 Å². The van der Waals surface area contributed by atoms with E-state index in [0.717, 1.165) is 24.2 Å². The molecule has 1 aromatic carbocycles. The first kappa shape index (κ1) is 23.6. The predicted octanol–water partition coefficient (Wildman–Crippen LogP) is 3.97. The van der Waals surface area contributed by atoms with Crippen LogP contribution < -0.4 is 5.32 Å². The number of aliphatic hydroxyl groups is 1.